The van der Waals surface area contributed by atoms with Crippen LogP contribution in [0.15, 0.2) is 30.5 Å². The summed E-state index contributed by atoms with van der Waals surface area (Å²) in [5.74, 6) is -2.63. The molecular weight excluding hydrogens is 392 g/mol. The van der Waals surface area contributed by atoms with Crippen molar-refractivity contribution in [3.05, 3.63) is 36.3 Å². The number of alkyl halides is 2. The summed E-state index contributed by atoms with van der Waals surface area (Å²) in [6.45, 7) is 11.3. The van der Waals surface area contributed by atoms with Crippen LogP contribution in [0.2, 0.25) is 19.6 Å². The van der Waals surface area contributed by atoms with Gasteiger partial charge in [0.25, 0.3) is 5.92 Å². The molecule has 29 heavy (non-hydrogen) atoms. The molecule has 0 unspecified atom stereocenters. The quantitative estimate of drug-likeness (QED) is 0.714. The number of hydrogen-bond acceptors (Lipinski definition) is 3. The Morgan fingerprint density at radius 3 is 2.41 bits per heavy atom. The maximum absolute atomic E-state index is 14.1. The molecule has 1 atom stereocenters. The predicted octanol–water partition coefficient (Wildman–Crippen LogP) is 4.94. The molecule has 0 radical (unpaired) electrons. The number of aromatic amines is 1. The van der Waals surface area contributed by atoms with Gasteiger partial charge in [0.2, 0.25) is 0 Å². The lowest BCUT2D eigenvalue weighted by molar-refractivity contribution is -0.00248. The van der Waals surface area contributed by atoms with Gasteiger partial charge in [0, 0.05) is 6.42 Å². The first kappa shape index (κ1) is 21.5. The number of likely N-dealkylation sites (tertiary alicyclic amines) is 1. The summed E-state index contributed by atoms with van der Waals surface area (Å²) in [7, 11) is -1.40. The molecule has 0 saturated carbocycles. The molecule has 2 heterocycles. The van der Waals surface area contributed by atoms with Crippen molar-refractivity contribution in [1.29, 1.82) is 0 Å². The zero-order valence-corrected chi connectivity index (χ0v) is 18.8. The fraction of sp³-hybridized carbons (Fsp3) is 0.524. The second-order valence-electron chi connectivity index (χ2n) is 9.69. The number of ether oxygens (including phenoxy) is 1. The molecule has 8 heteroatoms. The van der Waals surface area contributed by atoms with Crippen molar-refractivity contribution in [3.8, 4) is 11.3 Å². The number of hydrogen-bond donors (Lipinski definition) is 1. The van der Waals surface area contributed by atoms with Crippen molar-refractivity contribution in [2.75, 3.05) is 6.54 Å². The first-order valence-corrected chi connectivity index (χ1v) is 13.3. The zero-order chi connectivity index (χ0) is 21.6. The van der Waals surface area contributed by atoms with Gasteiger partial charge in [-0.25, -0.2) is 18.6 Å². The van der Waals surface area contributed by atoms with E-state index in [1.54, 1.807) is 27.0 Å². The van der Waals surface area contributed by atoms with Crippen molar-refractivity contribution in [1.82, 2.24) is 14.9 Å². The standard InChI is InChI=1S/C21H29F2N3O2Si/c1-20(2,3)28-19(27)26-13-21(22,23)11-17(26)18-24-12-16(25-18)14-7-9-15(10-8-14)29(4,5)6/h7-10,12,17H,11,13H2,1-6H3,(H,24,25)/t17-/m0/s1. The number of benzene rings is 1. The van der Waals surface area contributed by atoms with E-state index in [9.17, 15) is 13.6 Å². The minimum atomic E-state index is -2.98. The van der Waals surface area contributed by atoms with E-state index in [4.69, 9.17) is 4.74 Å². The predicted molar refractivity (Wildman–Crippen MR) is 112 cm³/mol. The van der Waals surface area contributed by atoms with E-state index >= 15 is 0 Å². The second-order valence-corrected chi connectivity index (χ2v) is 14.8. The minimum absolute atomic E-state index is 0.345. The molecule has 1 fully saturated rings. The minimum Gasteiger partial charge on any atom is -0.444 e. The van der Waals surface area contributed by atoms with Crippen LogP contribution in [-0.4, -0.2) is 47.1 Å². The number of H-pyrrole nitrogens is 1. The van der Waals surface area contributed by atoms with E-state index in [0.29, 0.717) is 5.82 Å². The number of carbonyl (C=O) groups is 1. The van der Waals surface area contributed by atoms with Crippen molar-refractivity contribution in [2.45, 2.75) is 64.4 Å². The summed E-state index contributed by atoms with van der Waals surface area (Å²) in [5, 5.41) is 1.34. The first-order chi connectivity index (χ1) is 13.3. The number of amides is 1. The van der Waals surface area contributed by atoms with Gasteiger partial charge in [-0.1, -0.05) is 49.1 Å². The highest BCUT2D eigenvalue weighted by Crippen LogP contribution is 2.41. The number of nitrogens with one attached hydrogen (secondary N) is 1. The molecule has 1 amide bonds. The maximum atomic E-state index is 14.1. The highest BCUT2D eigenvalue weighted by Gasteiger charge is 2.49. The Morgan fingerprint density at radius 1 is 1.24 bits per heavy atom. The van der Waals surface area contributed by atoms with Crippen LogP contribution in [0.3, 0.4) is 0 Å². The van der Waals surface area contributed by atoms with Gasteiger partial charge < -0.3 is 9.72 Å². The molecule has 158 valence electrons. The summed E-state index contributed by atoms with van der Waals surface area (Å²) < 4.78 is 33.6. The second kappa shape index (κ2) is 7.23. The highest BCUT2D eigenvalue weighted by molar-refractivity contribution is 6.88. The lowest BCUT2D eigenvalue weighted by Gasteiger charge is -2.27. The van der Waals surface area contributed by atoms with Crippen molar-refractivity contribution < 1.29 is 18.3 Å². The van der Waals surface area contributed by atoms with Gasteiger partial charge in [-0.2, -0.15) is 0 Å². The van der Waals surface area contributed by atoms with Crippen LogP contribution in [-0.2, 0) is 4.74 Å². The van der Waals surface area contributed by atoms with E-state index in [0.717, 1.165) is 16.2 Å². The molecule has 1 N–H and O–H groups in total. The van der Waals surface area contributed by atoms with Gasteiger partial charge in [-0.05, 0) is 26.3 Å². The summed E-state index contributed by atoms with van der Waals surface area (Å²) >= 11 is 0. The molecule has 1 aliphatic heterocycles. The molecule has 0 bridgehead atoms. The zero-order valence-electron chi connectivity index (χ0n) is 17.8. The third-order valence-corrected chi connectivity index (χ3v) is 6.94. The fourth-order valence-corrected chi connectivity index (χ4v) is 4.54. The van der Waals surface area contributed by atoms with Gasteiger partial charge >= 0.3 is 6.09 Å². The number of nitrogens with zero attached hydrogens (tertiary/aromatic N) is 2. The lowest BCUT2D eigenvalue weighted by Crippen LogP contribution is -2.38. The smallest absolute Gasteiger partial charge is 0.411 e. The maximum Gasteiger partial charge on any atom is 0.411 e. The molecule has 2 aromatic rings. The third-order valence-electron chi connectivity index (χ3n) is 4.87. The van der Waals surface area contributed by atoms with Gasteiger partial charge in [-0.3, -0.25) is 4.90 Å². The number of rotatable bonds is 3. The van der Waals surface area contributed by atoms with Gasteiger partial charge in [-0.15, -0.1) is 0 Å². The largest absolute Gasteiger partial charge is 0.444 e. The summed E-state index contributed by atoms with van der Waals surface area (Å²) in [5.41, 5.74) is 0.909. The van der Waals surface area contributed by atoms with Crippen LogP contribution in [0.25, 0.3) is 11.3 Å². The molecule has 0 spiro atoms. The summed E-state index contributed by atoms with van der Waals surface area (Å²) in [6.07, 6.45) is 0.396. The topological polar surface area (TPSA) is 58.2 Å². The van der Waals surface area contributed by atoms with Gasteiger partial charge in [0.05, 0.1) is 32.6 Å². The van der Waals surface area contributed by atoms with Gasteiger partial charge in [0.15, 0.2) is 0 Å². The molecule has 3 rings (SSSR count). The van der Waals surface area contributed by atoms with Crippen LogP contribution < -0.4 is 5.19 Å². The summed E-state index contributed by atoms with van der Waals surface area (Å²) in [4.78, 5) is 21.0. The van der Waals surface area contributed by atoms with E-state index in [1.165, 1.54) is 5.19 Å². The normalized spacial score (nSPS) is 19.4. The van der Waals surface area contributed by atoms with Crippen LogP contribution >= 0.6 is 0 Å². The average molecular weight is 422 g/mol. The molecule has 5 nitrogen and oxygen atoms in total. The Hall–Kier alpha value is -2.22. The number of aromatic nitrogens is 2. The van der Waals surface area contributed by atoms with Crippen LogP contribution in [0, 0.1) is 0 Å². The van der Waals surface area contributed by atoms with E-state index in [1.807, 2.05) is 12.1 Å². The van der Waals surface area contributed by atoms with Crippen molar-refractivity contribution in [2.24, 2.45) is 0 Å². The van der Waals surface area contributed by atoms with Gasteiger partial charge in [0.1, 0.15) is 11.4 Å². The summed E-state index contributed by atoms with van der Waals surface area (Å²) in [6, 6.07) is 7.40. The Labute approximate surface area is 171 Å². The monoisotopic (exact) mass is 421 g/mol. The average Bonchev–Trinajstić information content (AvgIpc) is 3.17. The Bertz CT molecular complexity index is 883. The molecule has 1 aromatic heterocycles. The molecule has 1 aromatic carbocycles. The SMILES string of the molecule is CC(C)(C)OC(=O)N1CC(F)(F)C[C@H]1c1ncc(-c2ccc([Si](C)(C)C)cc2)[nH]1. The van der Waals surface area contributed by atoms with Crippen molar-refractivity contribution in [3.63, 3.8) is 0 Å². The van der Waals surface area contributed by atoms with E-state index in [-0.39, 0.29) is 0 Å². The number of imidazole rings is 1. The Kier molecular flexibility index (Phi) is 5.36. The number of halogens is 2. The van der Waals surface area contributed by atoms with Crippen LogP contribution in [0.4, 0.5) is 13.6 Å². The number of carbonyl (C=O) groups excluding carboxylic acids is 1. The Balaban J connectivity index is 1.84. The molecular formula is C21H29F2N3O2Si. The van der Waals surface area contributed by atoms with Crippen LogP contribution in [0.1, 0.15) is 39.1 Å². The van der Waals surface area contributed by atoms with E-state index < -0.39 is 44.7 Å². The van der Waals surface area contributed by atoms with Crippen molar-refractivity contribution >= 4 is 19.4 Å². The first-order valence-electron chi connectivity index (χ1n) is 9.78. The highest BCUT2D eigenvalue weighted by atomic mass is 28.3. The molecule has 1 saturated heterocycles. The Morgan fingerprint density at radius 2 is 1.86 bits per heavy atom. The molecule has 0 aliphatic carbocycles. The third kappa shape index (κ3) is 5.04. The lowest BCUT2D eigenvalue weighted by atomic mass is 10.1. The van der Waals surface area contributed by atoms with Crippen LogP contribution in [0.5, 0.6) is 0 Å². The van der Waals surface area contributed by atoms with E-state index in [2.05, 4.69) is 41.7 Å². The fourth-order valence-electron chi connectivity index (χ4n) is 3.38. The molecule has 1 aliphatic rings.